The van der Waals surface area contributed by atoms with Gasteiger partial charge in [-0.1, -0.05) is 74.0 Å². The molecule has 33 heavy (non-hydrogen) atoms. The molecular weight excluding hydrogens is 436 g/mol. The van der Waals surface area contributed by atoms with E-state index in [1.165, 1.54) is 18.2 Å². The van der Waals surface area contributed by atoms with Crippen LogP contribution in [0.2, 0.25) is 0 Å². The van der Waals surface area contributed by atoms with Crippen LogP contribution in [-0.4, -0.2) is 43.7 Å². The fourth-order valence-corrected chi connectivity index (χ4v) is 6.29. The third kappa shape index (κ3) is 7.13. The number of nitrogens with zero attached hydrogens (tertiary/aromatic N) is 1. The Morgan fingerprint density at radius 2 is 1.52 bits per heavy atom. The van der Waals surface area contributed by atoms with Crippen LogP contribution in [0.3, 0.4) is 0 Å². The minimum atomic E-state index is -3.56. The molecule has 2 aromatic carbocycles. The summed E-state index contributed by atoms with van der Waals surface area (Å²) in [6, 6.07) is 21.0. The lowest BCUT2D eigenvalue weighted by Gasteiger charge is -2.42. The van der Waals surface area contributed by atoms with Crippen molar-refractivity contribution in [3.8, 4) is 0 Å². The van der Waals surface area contributed by atoms with Gasteiger partial charge in [0.2, 0.25) is 10.0 Å². The minimum absolute atomic E-state index is 0.0276. The third-order valence-corrected chi connectivity index (χ3v) is 8.00. The molecule has 180 valence electrons. The van der Waals surface area contributed by atoms with E-state index in [9.17, 15) is 13.2 Å². The van der Waals surface area contributed by atoms with Gasteiger partial charge in [0.15, 0.2) is 0 Å². The Balaban J connectivity index is 1.77. The summed E-state index contributed by atoms with van der Waals surface area (Å²) in [4.78, 5) is 15.2. The van der Waals surface area contributed by atoms with E-state index in [1.54, 1.807) is 0 Å². The fourth-order valence-electron chi connectivity index (χ4n) is 4.64. The fraction of sp³-hybridized carbons (Fsp3) is 0.500. The quantitative estimate of drug-likeness (QED) is 0.495. The van der Waals surface area contributed by atoms with Crippen molar-refractivity contribution in [3.63, 3.8) is 0 Å². The first-order valence-electron chi connectivity index (χ1n) is 11.8. The van der Waals surface area contributed by atoms with Crippen LogP contribution in [0.25, 0.3) is 0 Å². The number of methoxy groups -OCH3 is 1. The lowest BCUT2D eigenvalue weighted by Crippen LogP contribution is -2.58. The molecule has 0 atom stereocenters. The molecular formula is C26H36N2O4S. The maximum atomic E-state index is 12.7. The molecule has 0 aromatic heterocycles. The SMILES string of the molecule is CCCCS(=O)(=O)N[C@]1(C(=O)OC)CC[C@H](N(Cc2ccccc2)Cc2ccccc2)CC1. The molecule has 1 saturated carbocycles. The summed E-state index contributed by atoms with van der Waals surface area (Å²) >= 11 is 0. The average Bonchev–Trinajstić information content (AvgIpc) is 2.83. The minimum Gasteiger partial charge on any atom is -0.468 e. The largest absolute Gasteiger partial charge is 0.468 e. The monoisotopic (exact) mass is 472 g/mol. The van der Waals surface area contributed by atoms with Crippen molar-refractivity contribution in [3.05, 3.63) is 71.8 Å². The number of hydrogen-bond donors (Lipinski definition) is 1. The Morgan fingerprint density at radius 3 is 1.97 bits per heavy atom. The van der Waals surface area contributed by atoms with Gasteiger partial charge in [-0.2, -0.15) is 4.72 Å². The molecule has 1 N–H and O–H groups in total. The summed E-state index contributed by atoms with van der Waals surface area (Å²) < 4.78 is 33.1. The van der Waals surface area contributed by atoms with E-state index in [2.05, 4.69) is 33.9 Å². The molecule has 1 aliphatic carbocycles. The van der Waals surface area contributed by atoms with Gasteiger partial charge in [-0.3, -0.25) is 9.69 Å². The van der Waals surface area contributed by atoms with Gasteiger partial charge in [0.1, 0.15) is 5.54 Å². The first-order chi connectivity index (χ1) is 15.9. The number of rotatable bonds is 11. The Hall–Kier alpha value is -2.22. The van der Waals surface area contributed by atoms with E-state index in [0.717, 1.165) is 19.5 Å². The number of benzene rings is 2. The predicted molar refractivity (Wildman–Crippen MR) is 131 cm³/mol. The second-order valence-electron chi connectivity index (χ2n) is 8.96. The summed E-state index contributed by atoms with van der Waals surface area (Å²) in [5.41, 5.74) is 1.29. The molecule has 0 aliphatic heterocycles. The van der Waals surface area contributed by atoms with Gasteiger partial charge in [-0.25, -0.2) is 8.42 Å². The van der Waals surface area contributed by atoms with Crippen molar-refractivity contribution in [1.29, 1.82) is 0 Å². The molecule has 7 heteroatoms. The standard InChI is InChI=1S/C26H36N2O4S/c1-3-4-19-33(30,31)27-26(25(29)32-2)17-15-24(16-18-26)28(20-22-11-7-5-8-12-22)21-23-13-9-6-10-14-23/h5-14,24,27H,3-4,15-21H2,1-2H3/t24-,26+. The maximum Gasteiger partial charge on any atom is 0.327 e. The molecule has 0 spiro atoms. The van der Waals surface area contributed by atoms with Gasteiger partial charge in [-0.15, -0.1) is 0 Å². The van der Waals surface area contributed by atoms with Crippen molar-refractivity contribution < 1.29 is 17.9 Å². The Kier molecular flexibility index (Phi) is 9.06. The Morgan fingerprint density at radius 1 is 1.00 bits per heavy atom. The van der Waals surface area contributed by atoms with Gasteiger partial charge in [0.05, 0.1) is 12.9 Å². The average molecular weight is 473 g/mol. The van der Waals surface area contributed by atoms with Crippen LogP contribution >= 0.6 is 0 Å². The first kappa shape index (κ1) is 25.4. The van der Waals surface area contributed by atoms with Gasteiger partial charge in [0, 0.05) is 19.1 Å². The number of carbonyl (C=O) groups excluding carboxylic acids is 1. The number of nitrogens with one attached hydrogen (secondary N) is 1. The van der Waals surface area contributed by atoms with Crippen LogP contribution in [0, 0.1) is 0 Å². The lowest BCUT2D eigenvalue weighted by atomic mass is 9.79. The highest BCUT2D eigenvalue weighted by molar-refractivity contribution is 7.89. The zero-order valence-corrected chi connectivity index (χ0v) is 20.5. The summed E-state index contributed by atoms with van der Waals surface area (Å²) in [7, 11) is -2.23. The molecule has 0 amide bonds. The van der Waals surface area contributed by atoms with E-state index < -0.39 is 21.5 Å². The number of ether oxygens (including phenoxy) is 1. The number of esters is 1. The van der Waals surface area contributed by atoms with Crippen molar-refractivity contribution in [2.75, 3.05) is 12.9 Å². The molecule has 0 radical (unpaired) electrons. The Bertz CT molecular complexity index is 930. The van der Waals surface area contributed by atoms with Crippen LogP contribution in [0.1, 0.15) is 56.6 Å². The second kappa shape index (κ2) is 11.8. The molecule has 1 aliphatic rings. The van der Waals surface area contributed by atoms with E-state index in [0.29, 0.717) is 32.1 Å². The topological polar surface area (TPSA) is 75.7 Å². The smallest absolute Gasteiger partial charge is 0.327 e. The van der Waals surface area contributed by atoms with Crippen LogP contribution in [-0.2, 0) is 32.6 Å². The molecule has 0 heterocycles. The molecule has 2 aromatic rings. The van der Waals surface area contributed by atoms with Crippen molar-refractivity contribution in [1.82, 2.24) is 9.62 Å². The van der Waals surface area contributed by atoms with E-state index >= 15 is 0 Å². The van der Waals surface area contributed by atoms with Crippen LogP contribution in [0.4, 0.5) is 0 Å². The number of carbonyl (C=O) groups is 1. The molecule has 3 rings (SSSR count). The molecule has 0 saturated heterocycles. The van der Waals surface area contributed by atoms with Gasteiger partial charge in [0.25, 0.3) is 0 Å². The van der Waals surface area contributed by atoms with Gasteiger partial charge < -0.3 is 4.74 Å². The highest BCUT2D eigenvalue weighted by atomic mass is 32.2. The number of sulfonamides is 1. The van der Waals surface area contributed by atoms with E-state index in [4.69, 9.17) is 4.74 Å². The zero-order valence-electron chi connectivity index (χ0n) is 19.7. The summed E-state index contributed by atoms with van der Waals surface area (Å²) in [5, 5.41) is 0. The Labute approximate surface area is 198 Å². The highest BCUT2D eigenvalue weighted by Gasteiger charge is 2.46. The van der Waals surface area contributed by atoms with Crippen LogP contribution < -0.4 is 4.72 Å². The first-order valence-corrected chi connectivity index (χ1v) is 13.4. The normalized spacial score (nSPS) is 21.1. The van der Waals surface area contributed by atoms with Crippen molar-refractivity contribution in [2.45, 2.75) is 70.1 Å². The van der Waals surface area contributed by atoms with Crippen molar-refractivity contribution >= 4 is 16.0 Å². The van der Waals surface area contributed by atoms with E-state index in [-0.39, 0.29) is 11.8 Å². The predicted octanol–water partition coefficient (Wildman–Crippen LogP) is 4.26. The highest BCUT2D eigenvalue weighted by Crippen LogP contribution is 2.34. The number of unbranched alkanes of at least 4 members (excludes halogenated alkanes) is 1. The number of hydrogen-bond acceptors (Lipinski definition) is 5. The lowest BCUT2D eigenvalue weighted by molar-refractivity contribution is -0.149. The summed E-state index contributed by atoms with van der Waals surface area (Å²) in [6.07, 6.45) is 3.63. The summed E-state index contributed by atoms with van der Waals surface area (Å²) in [6.45, 7) is 3.55. The van der Waals surface area contributed by atoms with Crippen LogP contribution in [0.5, 0.6) is 0 Å². The van der Waals surface area contributed by atoms with Gasteiger partial charge >= 0.3 is 5.97 Å². The maximum absolute atomic E-state index is 12.7. The second-order valence-corrected chi connectivity index (χ2v) is 10.8. The molecule has 6 nitrogen and oxygen atoms in total. The van der Waals surface area contributed by atoms with Crippen LogP contribution in [0.15, 0.2) is 60.7 Å². The van der Waals surface area contributed by atoms with Gasteiger partial charge in [-0.05, 0) is 43.2 Å². The molecule has 1 fully saturated rings. The molecule has 0 unspecified atom stereocenters. The zero-order chi connectivity index (χ0) is 23.7. The van der Waals surface area contributed by atoms with E-state index in [1.807, 2.05) is 43.3 Å². The third-order valence-electron chi connectivity index (χ3n) is 6.48. The molecule has 0 bridgehead atoms. The van der Waals surface area contributed by atoms with Crippen molar-refractivity contribution in [2.24, 2.45) is 0 Å². The summed E-state index contributed by atoms with van der Waals surface area (Å²) in [5.74, 6) is -0.460.